The minimum Gasteiger partial charge on any atom is -0.458 e. The molecule has 2 heterocycles. The average molecular weight is 554 g/mol. The molecule has 8 nitrogen and oxygen atoms in total. The molecule has 1 aliphatic carbocycles. The van der Waals surface area contributed by atoms with Gasteiger partial charge in [-0.1, -0.05) is 49.8 Å². The van der Waals surface area contributed by atoms with Crippen LogP contribution in [0.3, 0.4) is 0 Å². The van der Waals surface area contributed by atoms with Gasteiger partial charge in [-0.3, -0.25) is 0 Å². The highest BCUT2D eigenvalue weighted by molar-refractivity contribution is 5.87. The molecule has 3 aliphatic rings. The standard InChI is InChI=1S/C32H43NO7/c1-19(2)32-18-24(37-28(35)21(4)33-29(36)39-30(5,6)7)31(8,40-32)23-16-14-20(3)26(23)27(32)38-25(34)17-15-22-12-10-9-11-13-22/h9-13,15,17,19,21,23-24,27H,14,16,18H2,1-8H3,(H,33,36)/b17-15+. The fourth-order valence-corrected chi connectivity index (χ4v) is 6.34. The number of fused-ring (bicyclic) bond motifs is 4. The minimum atomic E-state index is -0.911. The van der Waals surface area contributed by atoms with E-state index in [0.717, 1.165) is 24.0 Å². The number of amides is 1. The Balaban J connectivity index is 1.58. The van der Waals surface area contributed by atoms with Crippen molar-refractivity contribution in [3.05, 3.63) is 53.1 Å². The van der Waals surface area contributed by atoms with Crippen molar-refractivity contribution in [3.8, 4) is 0 Å². The van der Waals surface area contributed by atoms with Crippen LogP contribution in [0.5, 0.6) is 0 Å². The van der Waals surface area contributed by atoms with Gasteiger partial charge in [0.25, 0.3) is 0 Å². The van der Waals surface area contributed by atoms with Gasteiger partial charge in [0.1, 0.15) is 28.9 Å². The van der Waals surface area contributed by atoms with E-state index in [0.29, 0.717) is 6.42 Å². The van der Waals surface area contributed by atoms with Gasteiger partial charge in [-0.15, -0.1) is 0 Å². The summed E-state index contributed by atoms with van der Waals surface area (Å²) in [5.74, 6) is -1.11. The second-order valence-corrected chi connectivity index (χ2v) is 12.8. The van der Waals surface area contributed by atoms with Gasteiger partial charge in [-0.2, -0.15) is 0 Å². The molecule has 0 spiro atoms. The van der Waals surface area contributed by atoms with Gasteiger partial charge < -0.3 is 24.3 Å². The summed E-state index contributed by atoms with van der Waals surface area (Å²) >= 11 is 0. The zero-order chi connectivity index (χ0) is 29.5. The molecule has 1 aromatic rings. The smallest absolute Gasteiger partial charge is 0.408 e. The van der Waals surface area contributed by atoms with Crippen molar-refractivity contribution < 1.29 is 33.3 Å². The highest BCUT2D eigenvalue weighted by Crippen LogP contribution is 2.61. The summed E-state index contributed by atoms with van der Waals surface area (Å²) in [7, 11) is 0. The van der Waals surface area contributed by atoms with Crippen molar-refractivity contribution in [2.24, 2.45) is 11.8 Å². The molecule has 2 bridgehead atoms. The summed E-state index contributed by atoms with van der Waals surface area (Å²) in [5, 5.41) is 2.57. The van der Waals surface area contributed by atoms with Crippen LogP contribution in [0.4, 0.5) is 4.79 Å². The minimum absolute atomic E-state index is 0.0365. The van der Waals surface area contributed by atoms with Crippen molar-refractivity contribution in [3.63, 3.8) is 0 Å². The molecule has 1 amide bonds. The maximum absolute atomic E-state index is 13.2. The summed E-state index contributed by atoms with van der Waals surface area (Å²) in [6.07, 6.45) is 3.38. The van der Waals surface area contributed by atoms with Crippen LogP contribution in [0.1, 0.15) is 80.2 Å². The summed E-state index contributed by atoms with van der Waals surface area (Å²) < 4.78 is 24.5. The van der Waals surface area contributed by atoms with Crippen molar-refractivity contribution >= 4 is 24.1 Å². The lowest BCUT2D eigenvalue weighted by molar-refractivity contribution is -0.223. The van der Waals surface area contributed by atoms with Gasteiger partial charge in [0, 0.05) is 18.4 Å². The predicted octanol–water partition coefficient (Wildman–Crippen LogP) is 5.75. The number of benzene rings is 1. The Morgan fingerprint density at radius 1 is 1.10 bits per heavy atom. The molecule has 8 heteroatoms. The molecule has 1 N–H and O–H groups in total. The van der Waals surface area contributed by atoms with Crippen LogP contribution >= 0.6 is 0 Å². The number of esters is 2. The van der Waals surface area contributed by atoms with E-state index >= 15 is 0 Å². The molecule has 0 radical (unpaired) electrons. The number of alkyl carbamates (subject to hydrolysis) is 1. The molecule has 2 saturated heterocycles. The predicted molar refractivity (Wildman–Crippen MR) is 151 cm³/mol. The second kappa shape index (κ2) is 11.0. The molecule has 4 rings (SSSR count). The third-order valence-corrected chi connectivity index (χ3v) is 8.42. The Morgan fingerprint density at radius 2 is 1.77 bits per heavy atom. The fraction of sp³-hybridized carbons (Fsp3) is 0.594. The van der Waals surface area contributed by atoms with Crippen LogP contribution in [0, 0.1) is 11.8 Å². The van der Waals surface area contributed by atoms with E-state index in [9.17, 15) is 14.4 Å². The number of rotatable bonds is 7. The maximum atomic E-state index is 13.2. The molecule has 6 unspecified atom stereocenters. The monoisotopic (exact) mass is 553 g/mol. The van der Waals surface area contributed by atoms with Crippen molar-refractivity contribution in [2.75, 3.05) is 0 Å². The quantitative estimate of drug-likeness (QED) is 0.199. The molecular formula is C32H43NO7. The first-order valence-electron chi connectivity index (χ1n) is 14.2. The second-order valence-electron chi connectivity index (χ2n) is 12.8. The summed E-state index contributed by atoms with van der Waals surface area (Å²) in [4.78, 5) is 38.6. The topological polar surface area (TPSA) is 100 Å². The molecule has 2 aliphatic heterocycles. The summed E-state index contributed by atoms with van der Waals surface area (Å²) in [5.41, 5.74) is 0.842. The number of hydrogen-bond donors (Lipinski definition) is 1. The molecule has 40 heavy (non-hydrogen) atoms. The SMILES string of the molecule is CC1=C2C(CC1)C1(C)OC(C(C)C)(CC1OC(=O)C(C)NC(=O)OC(C)(C)C)C2OC(=O)/C=C/c1ccccc1. The number of carbonyl (C=O) groups excluding carboxylic acids is 3. The highest BCUT2D eigenvalue weighted by Gasteiger charge is 2.70. The van der Waals surface area contributed by atoms with E-state index in [1.165, 1.54) is 11.6 Å². The molecular weight excluding hydrogens is 510 g/mol. The van der Waals surface area contributed by atoms with Crippen molar-refractivity contribution in [1.82, 2.24) is 5.32 Å². The molecule has 218 valence electrons. The van der Waals surface area contributed by atoms with E-state index in [1.54, 1.807) is 33.8 Å². The Morgan fingerprint density at radius 3 is 2.40 bits per heavy atom. The molecule has 0 saturated carbocycles. The third kappa shape index (κ3) is 5.82. The van der Waals surface area contributed by atoms with Crippen LogP contribution < -0.4 is 5.32 Å². The van der Waals surface area contributed by atoms with E-state index in [2.05, 4.69) is 12.2 Å². The van der Waals surface area contributed by atoms with E-state index in [-0.39, 0.29) is 11.8 Å². The lowest BCUT2D eigenvalue weighted by Crippen LogP contribution is -2.59. The fourth-order valence-electron chi connectivity index (χ4n) is 6.34. The van der Waals surface area contributed by atoms with Crippen LogP contribution in [0.15, 0.2) is 47.6 Å². The Kier molecular flexibility index (Phi) is 8.23. The van der Waals surface area contributed by atoms with E-state index in [1.807, 2.05) is 51.1 Å². The lowest BCUT2D eigenvalue weighted by atomic mass is 9.74. The first-order chi connectivity index (χ1) is 18.7. The molecule has 1 aromatic carbocycles. The van der Waals surface area contributed by atoms with Gasteiger partial charge in [-0.25, -0.2) is 14.4 Å². The van der Waals surface area contributed by atoms with Gasteiger partial charge in [0.05, 0.1) is 0 Å². The number of ether oxygens (including phenoxy) is 4. The van der Waals surface area contributed by atoms with Gasteiger partial charge in [-0.05, 0) is 77.5 Å². The van der Waals surface area contributed by atoms with Gasteiger partial charge in [0.2, 0.25) is 0 Å². The van der Waals surface area contributed by atoms with Gasteiger partial charge in [0.15, 0.2) is 6.10 Å². The third-order valence-electron chi connectivity index (χ3n) is 8.42. The van der Waals surface area contributed by atoms with Crippen LogP contribution in [0.2, 0.25) is 0 Å². The van der Waals surface area contributed by atoms with Crippen molar-refractivity contribution in [1.29, 1.82) is 0 Å². The highest BCUT2D eigenvalue weighted by atomic mass is 16.6. The maximum Gasteiger partial charge on any atom is 0.408 e. The molecule has 6 atom stereocenters. The largest absolute Gasteiger partial charge is 0.458 e. The number of carbonyl (C=O) groups is 3. The van der Waals surface area contributed by atoms with E-state index < -0.39 is 53.1 Å². The summed E-state index contributed by atoms with van der Waals surface area (Å²) in [6.45, 7) is 15.0. The first kappa shape index (κ1) is 29.8. The van der Waals surface area contributed by atoms with Crippen LogP contribution in [-0.4, -0.2) is 53.1 Å². The Labute approximate surface area is 237 Å². The van der Waals surface area contributed by atoms with E-state index in [4.69, 9.17) is 18.9 Å². The molecule has 2 fully saturated rings. The zero-order valence-corrected chi connectivity index (χ0v) is 24.9. The number of allylic oxidation sites excluding steroid dienone is 1. The Bertz CT molecular complexity index is 1200. The zero-order valence-electron chi connectivity index (χ0n) is 24.9. The van der Waals surface area contributed by atoms with Crippen LogP contribution in [-0.2, 0) is 28.5 Å². The summed E-state index contributed by atoms with van der Waals surface area (Å²) in [6, 6.07) is 8.67. The average Bonchev–Trinajstić information content (AvgIpc) is 3.37. The lowest BCUT2D eigenvalue weighted by Gasteiger charge is -2.50. The van der Waals surface area contributed by atoms with Gasteiger partial charge >= 0.3 is 18.0 Å². The van der Waals surface area contributed by atoms with Crippen molar-refractivity contribution in [2.45, 2.75) is 110 Å². The normalized spacial score (nSPS) is 30.3. The van der Waals surface area contributed by atoms with Crippen LogP contribution in [0.25, 0.3) is 6.08 Å². The number of nitrogens with one attached hydrogen (secondary N) is 1. The number of hydrogen-bond acceptors (Lipinski definition) is 7. The Hall–Kier alpha value is -3.13. The molecule has 0 aromatic heterocycles. The first-order valence-corrected chi connectivity index (χ1v) is 14.2.